The number of aliphatic carboxylic acids is 1. The fourth-order valence-corrected chi connectivity index (χ4v) is 3.29. The number of amides is 1. The monoisotopic (exact) mass is 416 g/mol. The summed E-state index contributed by atoms with van der Waals surface area (Å²) in [4.78, 5) is 47.8. The average molecular weight is 417 g/mol. The van der Waals surface area contributed by atoms with E-state index in [1.54, 1.807) is 0 Å². The van der Waals surface area contributed by atoms with Gasteiger partial charge in [0.15, 0.2) is 0 Å². The Hall–Kier alpha value is -3.72. The van der Waals surface area contributed by atoms with Crippen molar-refractivity contribution in [3.63, 3.8) is 0 Å². The van der Waals surface area contributed by atoms with Crippen LogP contribution in [0.3, 0.4) is 0 Å². The van der Waals surface area contributed by atoms with E-state index < -0.39 is 52.2 Å². The molecule has 9 nitrogen and oxygen atoms in total. The molecule has 1 fully saturated rings. The molecule has 2 aromatic carbocycles. The summed E-state index contributed by atoms with van der Waals surface area (Å²) in [6.45, 7) is -0.876. The first kappa shape index (κ1) is 20.0. The Morgan fingerprint density at radius 2 is 1.72 bits per heavy atom. The molecule has 0 unspecified atom stereocenters. The van der Waals surface area contributed by atoms with E-state index in [2.05, 4.69) is 0 Å². The summed E-state index contributed by atoms with van der Waals surface area (Å²) in [6, 6.07) is 9.57. The number of benzene rings is 2. The molecule has 1 aliphatic heterocycles. The van der Waals surface area contributed by atoms with Crippen molar-refractivity contribution >= 4 is 40.7 Å². The number of rotatable bonds is 5. The van der Waals surface area contributed by atoms with Gasteiger partial charge in [-0.2, -0.15) is 0 Å². The van der Waals surface area contributed by atoms with Gasteiger partial charge >= 0.3 is 5.97 Å². The molecular weight excluding hydrogens is 404 g/mol. The predicted molar refractivity (Wildman–Crippen MR) is 101 cm³/mol. The Bertz CT molecular complexity index is 1060. The quantitative estimate of drug-likeness (QED) is 0.251. The normalized spacial score (nSPS) is 18.1. The first-order chi connectivity index (χ1) is 13.7. The second kappa shape index (κ2) is 7.72. The molecule has 0 spiro atoms. The van der Waals surface area contributed by atoms with Crippen LogP contribution in [0.15, 0.2) is 54.1 Å². The molecule has 3 rings (SSSR count). The van der Waals surface area contributed by atoms with Crippen LogP contribution in [0.4, 0.5) is 5.69 Å². The third kappa shape index (κ3) is 3.67. The van der Waals surface area contributed by atoms with Gasteiger partial charge in [0.25, 0.3) is 17.4 Å². The number of nitro groups is 1. The maximum absolute atomic E-state index is 12.6. The number of aliphatic hydroxyl groups excluding tert-OH is 1. The summed E-state index contributed by atoms with van der Waals surface area (Å²) < 4.78 is 0. The summed E-state index contributed by atoms with van der Waals surface area (Å²) in [6.07, 6.45) is 0. The van der Waals surface area contributed by atoms with Gasteiger partial charge in [-0.25, -0.2) is 0 Å². The standard InChI is InChI=1S/C19H13ClN2O7/c20-11-7-5-10(6-8-11)17(25)15-16(12-3-1-2-4-13(12)22(28)29)21(9-14(23)24)19(27)18(15)26/h1-8,16,25H,9H2,(H,23,24)/t16-/m0/s1. The van der Waals surface area contributed by atoms with Crippen molar-refractivity contribution < 1.29 is 29.5 Å². The number of para-hydroxylation sites is 1. The van der Waals surface area contributed by atoms with E-state index in [0.29, 0.717) is 9.92 Å². The maximum atomic E-state index is 12.6. The van der Waals surface area contributed by atoms with Crippen LogP contribution in [0.1, 0.15) is 17.2 Å². The first-order valence-corrected chi connectivity index (χ1v) is 8.59. The zero-order valence-corrected chi connectivity index (χ0v) is 15.4. The van der Waals surface area contributed by atoms with Gasteiger partial charge < -0.3 is 15.1 Å². The molecule has 2 aromatic rings. The summed E-state index contributed by atoms with van der Waals surface area (Å²) in [7, 11) is 0. The SMILES string of the molecule is O=C(O)CN1C(=O)C(=O)C(=C(O)c2ccc(Cl)cc2)[C@@H]1c1ccccc1[N+](=O)[O-]. The molecule has 0 saturated carbocycles. The van der Waals surface area contributed by atoms with Crippen LogP contribution in [-0.4, -0.2) is 44.2 Å². The van der Waals surface area contributed by atoms with Crippen LogP contribution in [0.25, 0.3) is 5.76 Å². The lowest BCUT2D eigenvalue weighted by Gasteiger charge is -2.23. The number of Topliss-reactive ketones (excluding diaryl/α,β-unsaturated/α-hetero) is 1. The highest BCUT2D eigenvalue weighted by Crippen LogP contribution is 2.42. The van der Waals surface area contributed by atoms with E-state index in [0.717, 1.165) is 0 Å². The van der Waals surface area contributed by atoms with E-state index >= 15 is 0 Å². The van der Waals surface area contributed by atoms with Crippen LogP contribution in [-0.2, 0) is 14.4 Å². The van der Waals surface area contributed by atoms with E-state index in [1.165, 1.54) is 48.5 Å². The zero-order valence-electron chi connectivity index (χ0n) is 14.6. The topological polar surface area (TPSA) is 138 Å². The fraction of sp³-hybridized carbons (Fsp3) is 0.105. The number of aliphatic hydroxyl groups is 1. The van der Waals surface area contributed by atoms with E-state index in [-0.39, 0.29) is 11.1 Å². The van der Waals surface area contributed by atoms with Gasteiger partial charge in [0.2, 0.25) is 0 Å². The number of nitro benzene ring substituents is 1. The molecule has 1 heterocycles. The van der Waals surface area contributed by atoms with Gasteiger partial charge in [-0.15, -0.1) is 0 Å². The summed E-state index contributed by atoms with van der Waals surface area (Å²) in [5.74, 6) is -4.31. The van der Waals surface area contributed by atoms with Gasteiger partial charge in [0.05, 0.1) is 22.1 Å². The fourth-order valence-electron chi connectivity index (χ4n) is 3.16. The Labute approximate surface area is 168 Å². The second-order valence-corrected chi connectivity index (χ2v) is 6.58. The molecule has 1 atom stereocenters. The number of hydrogen-bond donors (Lipinski definition) is 2. The minimum atomic E-state index is -1.44. The maximum Gasteiger partial charge on any atom is 0.323 e. The lowest BCUT2D eigenvalue weighted by molar-refractivity contribution is -0.385. The van der Waals surface area contributed by atoms with Crippen molar-refractivity contribution in [1.29, 1.82) is 0 Å². The van der Waals surface area contributed by atoms with Gasteiger partial charge in [-0.1, -0.05) is 23.7 Å². The number of carboxylic acids is 1. The molecule has 148 valence electrons. The number of nitrogens with zero attached hydrogens (tertiary/aromatic N) is 2. The number of hydrogen-bond acceptors (Lipinski definition) is 6. The van der Waals surface area contributed by atoms with E-state index in [1.807, 2.05) is 0 Å². The summed E-state index contributed by atoms with van der Waals surface area (Å²) in [5.41, 5.74) is -0.801. The number of likely N-dealkylation sites (tertiary alicyclic amines) is 1. The second-order valence-electron chi connectivity index (χ2n) is 6.14. The van der Waals surface area contributed by atoms with Crippen LogP contribution in [0.5, 0.6) is 0 Å². The molecule has 1 amide bonds. The van der Waals surface area contributed by atoms with Crippen LogP contribution >= 0.6 is 11.6 Å². The van der Waals surface area contributed by atoms with Gasteiger partial charge in [-0.05, 0) is 30.3 Å². The van der Waals surface area contributed by atoms with E-state index in [9.17, 15) is 29.6 Å². The molecule has 0 aliphatic carbocycles. The van der Waals surface area contributed by atoms with Crippen LogP contribution < -0.4 is 0 Å². The third-order valence-corrected chi connectivity index (χ3v) is 4.64. The summed E-state index contributed by atoms with van der Waals surface area (Å²) >= 11 is 5.82. The van der Waals surface area contributed by atoms with Crippen molar-refractivity contribution in [3.05, 3.63) is 80.4 Å². The largest absolute Gasteiger partial charge is 0.507 e. The molecule has 2 N–H and O–H groups in total. The predicted octanol–water partition coefficient (Wildman–Crippen LogP) is 2.75. The van der Waals surface area contributed by atoms with Crippen molar-refractivity contribution in [3.8, 4) is 0 Å². The van der Waals surface area contributed by atoms with E-state index in [4.69, 9.17) is 16.7 Å². The smallest absolute Gasteiger partial charge is 0.323 e. The minimum Gasteiger partial charge on any atom is -0.507 e. The molecule has 0 aromatic heterocycles. The lowest BCUT2D eigenvalue weighted by Crippen LogP contribution is -2.34. The van der Waals surface area contributed by atoms with Crippen LogP contribution in [0, 0.1) is 10.1 Å². The number of carbonyl (C=O) groups excluding carboxylic acids is 2. The Balaban J connectivity index is 2.28. The summed E-state index contributed by atoms with van der Waals surface area (Å²) in [5, 5.41) is 31.7. The van der Waals surface area contributed by atoms with Gasteiger partial charge in [0.1, 0.15) is 12.3 Å². The first-order valence-electron chi connectivity index (χ1n) is 8.21. The Morgan fingerprint density at radius 3 is 2.31 bits per heavy atom. The minimum absolute atomic E-state index is 0.0894. The lowest BCUT2D eigenvalue weighted by atomic mass is 9.94. The van der Waals surface area contributed by atoms with Crippen molar-refractivity contribution in [2.75, 3.05) is 6.54 Å². The molecule has 1 saturated heterocycles. The number of carbonyl (C=O) groups is 3. The van der Waals surface area contributed by atoms with Crippen LogP contribution in [0.2, 0.25) is 5.02 Å². The molecule has 0 bridgehead atoms. The van der Waals surface area contributed by atoms with Crippen molar-refractivity contribution in [2.24, 2.45) is 0 Å². The van der Waals surface area contributed by atoms with Crippen molar-refractivity contribution in [2.45, 2.75) is 6.04 Å². The molecule has 29 heavy (non-hydrogen) atoms. The zero-order chi connectivity index (χ0) is 21.3. The molecule has 0 radical (unpaired) electrons. The number of ketones is 1. The number of halogens is 1. The highest BCUT2D eigenvalue weighted by molar-refractivity contribution is 6.47. The molecule has 10 heteroatoms. The highest BCUT2D eigenvalue weighted by atomic mass is 35.5. The molecule has 1 aliphatic rings. The van der Waals surface area contributed by atoms with Gasteiger partial charge in [0, 0.05) is 16.7 Å². The average Bonchev–Trinajstić information content (AvgIpc) is 2.92. The Kier molecular flexibility index (Phi) is 5.33. The van der Waals surface area contributed by atoms with Crippen molar-refractivity contribution in [1.82, 2.24) is 4.90 Å². The van der Waals surface area contributed by atoms with Gasteiger partial charge in [-0.3, -0.25) is 24.5 Å². The molecular formula is C19H13ClN2O7. The number of carboxylic acid groups (broad SMARTS) is 1. The Morgan fingerprint density at radius 1 is 1.10 bits per heavy atom. The highest BCUT2D eigenvalue weighted by Gasteiger charge is 2.48. The third-order valence-electron chi connectivity index (χ3n) is 4.39.